The Morgan fingerprint density at radius 2 is 2.00 bits per heavy atom. The molecule has 0 radical (unpaired) electrons. The van der Waals surface area contributed by atoms with Gasteiger partial charge in [-0.05, 0) is 35.6 Å². The maximum Gasteiger partial charge on any atom is 0.119 e. The number of benzene rings is 1. The van der Waals surface area contributed by atoms with Gasteiger partial charge in [0, 0.05) is 0 Å². The molecule has 0 fully saturated rings. The molecular formula is C12H16O. The molecule has 1 rings (SSSR count). The van der Waals surface area contributed by atoms with E-state index in [1.165, 1.54) is 0 Å². The molecule has 0 heterocycles. The molecule has 70 valence electrons. The van der Waals surface area contributed by atoms with Gasteiger partial charge in [0.15, 0.2) is 0 Å². The fourth-order valence-electron chi connectivity index (χ4n) is 1.42. The minimum Gasteiger partial charge on any atom is -0.508 e. The van der Waals surface area contributed by atoms with E-state index in [9.17, 15) is 5.11 Å². The average molecular weight is 176 g/mol. The lowest BCUT2D eigenvalue weighted by Crippen LogP contribution is -1.91. The Morgan fingerprint density at radius 3 is 2.46 bits per heavy atom. The van der Waals surface area contributed by atoms with Gasteiger partial charge in [0.2, 0.25) is 0 Å². The van der Waals surface area contributed by atoms with E-state index >= 15 is 0 Å². The third-order valence-electron chi connectivity index (χ3n) is 2.26. The first-order valence-corrected chi connectivity index (χ1v) is 4.52. The van der Waals surface area contributed by atoms with Crippen molar-refractivity contribution in [1.82, 2.24) is 0 Å². The SMILES string of the molecule is C=Cc1cc(O)c(C(C)C)cc1C. The maximum atomic E-state index is 9.67. The van der Waals surface area contributed by atoms with E-state index in [1.54, 1.807) is 12.1 Å². The van der Waals surface area contributed by atoms with Crippen molar-refractivity contribution in [2.75, 3.05) is 0 Å². The predicted molar refractivity (Wildman–Crippen MR) is 57.0 cm³/mol. The highest BCUT2D eigenvalue weighted by Crippen LogP contribution is 2.28. The van der Waals surface area contributed by atoms with E-state index in [4.69, 9.17) is 0 Å². The normalized spacial score (nSPS) is 10.5. The molecule has 0 saturated heterocycles. The van der Waals surface area contributed by atoms with Gasteiger partial charge < -0.3 is 5.11 Å². The van der Waals surface area contributed by atoms with E-state index in [-0.39, 0.29) is 0 Å². The van der Waals surface area contributed by atoms with Gasteiger partial charge in [-0.15, -0.1) is 0 Å². The van der Waals surface area contributed by atoms with Crippen LogP contribution in [0.15, 0.2) is 18.7 Å². The molecule has 0 aromatic heterocycles. The van der Waals surface area contributed by atoms with Crippen LogP contribution >= 0.6 is 0 Å². The molecule has 1 aromatic carbocycles. The first-order chi connectivity index (χ1) is 6.06. The van der Waals surface area contributed by atoms with Gasteiger partial charge in [-0.1, -0.05) is 32.6 Å². The van der Waals surface area contributed by atoms with Crippen molar-refractivity contribution in [2.45, 2.75) is 26.7 Å². The van der Waals surface area contributed by atoms with E-state index in [0.29, 0.717) is 11.7 Å². The average Bonchev–Trinajstić information content (AvgIpc) is 2.07. The van der Waals surface area contributed by atoms with Gasteiger partial charge >= 0.3 is 0 Å². The van der Waals surface area contributed by atoms with E-state index in [1.807, 2.05) is 13.0 Å². The van der Waals surface area contributed by atoms with Crippen LogP contribution in [0.25, 0.3) is 6.08 Å². The predicted octanol–water partition coefficient (Wildman–Crippen LogP) is 3.47. The van der Waals surface area contributed by atoms with Crippen LogP contribution < -0.4 is 0 Å². The third kappa shape index (κ3) is 1.92. The first-order valence-electron chi connectivity index (χ1n) is 4.52. The van der Waals surface area contributed by atoms with Crippen LogP contribution in [-0.2, 0) is 0 Å². The highest BCUT2D eigenvalue weighted by Gasteiger charge is 2.07. The second kappa shape index (κ2) is 3.65. The summed E-state index contributed by atoms with van der Waals surface area (Å²) < 4.78 is 0. The molecule has 0 bridgehead atoms. The number of aryl methyl sites for hydroxylation is 1. The minimum absolute atomic E-state index is 0.359. The Hall–Kier alpha value is -1.24. The number of rotatable bonds is 2. The molecule has 0 aliphatic rings. The molecule has 1 N–H and O–H groups in total. The summed E-state index contributed by atoms with van der Waals surface area (Å²) in [6, 6.07) is 3.80. The largest absolute Gasteiger partial charge is 0.508 e. The molecular weight excluding hydrogens is 160 g/mol. The van der Waals surface area contributed by atoms with Crippen molar-refractivity contribution in [3.63, 3.8) is 0 Å². The van der Waals surface area contributed by atoms with Crippen molar-refractivity contribution < 1.29 is 5.11 Å². The van der Waals surface area contributed by atoms with Crippen molar-refractivity contribution in [1.29, 1.82) is 0 Å². The van der Waals surface area contributed by atoms with E-state index < -0.39 is 0 Å². The Balaban J connectivity index is 3.28. The molecule has 1 aromatic rings. The summed E-state index contributed by atoms with van der Waals surface area (Å²) in [7, 11) is 0. The van der Waals surface area contributed by atoms with Crippen molar-refractivity contribution in [3.05, 3.63) is 35.4 Å². The highest BCUT2D eigenvalue weighted by molar-refractivity contribution is 5.56. The lowest BCUT2D eigenvalue weighted by Gasteiger charge is -2.11. The smallest absolute Gasteiger partial charge is 0.119 e. The van der Waals surface area contributed by atoms with Crippen LogP contribution in [0, 0.1) is 6.92 Å². The summed E-state index contributed by atoms with van der Waals surface area (Å²) in [5.74, 6) is 0.730. The molecule has 1 nitrogen and oxygen atoms in total. The number of aromatic hydroxyl groups is 1. The van der Waals surface area contributed by atoms with Crippen LogP contribution in [0.2, 0.25) is 0 Å². The Bertz CT molecular complexity index is 324. The number of phenolic OH excluding ortho intramolecular Hbond substituents is 1. The van der Waals surface area contributed by atoms with Gasteiger partial charge in [0.25, 0.3) is 0 Å². The topological polar surface area (TPSA) is 20.2 Å². The number of hydrogen-bond acceptors (Lipinski definition) is 1. The summed E-state index contributed by atoms with van der Waals surface area (Å²) >= 11 is 0. The number of phenols is 1. The van der Waals surface area contributed by atoms with Gasteiger partial charge in [0.1, 0.15) is 5.75 Å². The second-order valence-corrected chi connectivity index (χ2v) is 3.63. The molecule has 0 aliphatic heterocycles. The Morgan fingerprint density at radius 1 is 1.38 bits per heavy atom. The quantitative estimate of drug-likeness (QED) is 0.731. The van der Waals surface area contributed by atoms with E-state index in [0.717, 1.165) is 16.7 Å². The molecule has 0 atom stereocenters. The fraction of sp³-hybridized carbons (Fsp3) is 0.333. The molecule has 0 amide bonds. The molecule has 1 heteroatoms. The molecule has 0 aliphatic carbocycles. The Kier molecular flexibility index (Phi) is 2.76. The number of hydrogen-bond donors (Lipinski definition) is 1. The fourth-order valence-corrected chi connectivity index (χ4v) is 1.42. The minimum atomic E-state index is 0.359. The second-order valence-electron chi connectivity index (χ2n) is 3.63. The summed E-state index contributed by atoms with van der Waals surface area (Å²) in [5.41, 5.74) is 3.17. The van der Waals surface area contributed by atoms with Crippen LogP contribution in [0.4, 0.5) is 0 Å². The van der Waals surface area contributed by atoms with Gasteiger partial charge in [-0.25, -0.2) is 0 Å². The van der Waals surface area contributed by atoms with Gasteiger partial charge in [-0.3, -0.25) is 0 Å². The van der Waals surface area contributed by atoms with Crippen molar-refractivity contribution >= 4 is 6.08 Å². The maximum absolute atomic E-state index is 9.67. The molecule has 0 unspecified atom stereocenters. The van der Waals surface area contributed by atoms with Crippen LogP contribution in [0.1, 0.15) is 36.5 Å². The third-order valence-corrected chi connectivity index (χ3v) is 2.26. The summed E-state index contributed by atoms with van der Waals surface area (Å²) in [5, 5.41) is 9.67. The zero-order valence-corrected chi connectivity index (χ0v) is 8.46. The lowest BCUT2D eigenvalue weighted by atomic mass is 9.97. The lowest BCUT2D eigenvalue weighted by molar-refractivity contribution is 0.464. The van der Waals surface area contributed by atoms with Crippen molar-refractivity contribution in [2.24, 2.45) is 0 Å². The van der Waals surface area contributed by atoms with Crippen LogP contribution in [-0.4, -0.2) is 5.11 Å². The zero-order chi connectivity index (χ0) is 10.0. The molecule has 13 heavy (non-hydrogen) atoms. The van der Waals surface area contributed by atoms with Crippen LogP contribution in [0.3, 0.4) is 0 Å². The summed E-state index contributed by atoms with van der Waals surface area (Å²) in [6.45, 7) is 9.87. The molecule has 0 spiro atoms. The van der Waals surface area contributed by atoms with Crippen molar-refractivity contribution in [3.8, 4) is 5.75 Å². The standard InChI is InChI=1S/C12H16O/c1-5-10-7-12(13)11(8(2)3)6-9(10)4/h5-8,13H,1H2,2-4H3. The van der Waals surface area contributed by atoms with E-state index in [2.05, 4.69) is 20.4 Å². The monoisotopic (exact) mass is 176 g/mol. The van der Waals surface area contributed by atoms with Gasteiger partial charge in [-0.2, -0.15) is 0 Å². The molecule has 0 saturated carbocycles. The summed E-state index contributed by atoms with van der Waals surface area (Å²) in [6.07, 6.45) is 1.76. The van der Waals surface area contributed by atoms with Gasteiger partial charge in [0.05, 0.1) is 0 Å². The highest BCUT2D eigenvalue weighted by atomic mass is 16.3. The van der Waals surface area contributed by atoms with Crippen LogP contribution in [0.5, 0.6) is 5.75 Å². The zero-order valence-electron chi connectivity index (χ0n) is 8.46. The Labute approximate surface area is 79.7 Å². The summed E-state index contributed by atoms with van der Waals surface area (Å²) in [4.78, 5) is 0. The first kappa shape index (κ1) is 9.85.